The van der Waals surface area contributed by atoms with E-state index in [0.29, 0.717) is 18.7 Å². The highest BCUT2D eigenvalue weighted by molar-refractivity contribution is 14.1. The minimum Gasteiger partial charge on any atom is -0.488 e. The van der Waals surface area contributed by atoms with E-state index in [2.05, 4.69) is 27.9 Å². The molecule has 1 aromatic heterocycles. The molecule has 0 spiro atoms. The lowest BCUT2D eigenvalue weighted by Crippen LogP contribution is -2.22. The zero-order chi connectivity index (χ0) is 16.8. The molecule has 1 amide bonds. The van der Waals surface area contributed by atoms with Gasteiger partial charge < -0.3 is 14.5 Å². The maximum atomic E-state index is 12.2. The van der Waals surface area contributed by atoms with Crippen molar-refractivity contribution in [3.8, 4) is 5.75 Å². The molecule has 122 valence electrons. The molecule has 0 saturated heterocycles. The number of benzene rings is 2. The lowest BCUT2D eigenvalue weighted by atomic mass is 10.1. The number of halogens is 1. The van der Waals surface area contributed by atoms with Crippen molar-refractivity contribution in [3.63, 3.8) is 0 Å². The summed E-state index contributed by atoms with van der Waals surface area (Å²) in [5, 5.41) is 2.84. The highest BCUT2D eigenvalue weighted by Crippen LogP contribution is 2.21. The van der Waals surface area contributed by atoms with E-state index in [1.54, 1.807) is 18.4 Å². The Morgan fingerprint density at radius 3 is 2.75 bits per heavy atom. The molecule has 0 aliphatic carbocycles. The molecular formula is C19H16INO3. The maximum absolute atomic E-state index is 12.2. The van der Waals surface area contributed by atoms with Gasteiger partial charge in [0.05, 0.1) is 16.4 Å². The Kier molecular flexibility index (Phi) is 5.53. The normalized spacial score (nSPS) is 10.4. The number of carbonyl (C=O) groups excluding carboxylic acids is 1. The predicted octanol–water partition coefficient (Wildman–Crippen LogP) is 4.39. The second kappa shape index (κ2) is 8.01. The van der Waals surface area contributed by atoms with E-state index in [9.17, 15) is 4.79 Å². The molecule has 0 fully saturated rings. The molecule has 3 rings (SSSR count). The average Bonchev–Trinajstić information content (AvgIpc) is 3.13. The summed E-state index contributed by atoms with van der Waals surface area (Å²) in [4.78, 5) is 12.2. The maximum Gasteiger partial charge on any atom is 0.251 e. The number of rotatable bonds is 6. The molecule has 0 saturated carbocycles. The minimum atomic E-state index is -0.137. The summed E-state index contributed by atoms with van der Waals surface area (Å²) in [6.45, 7) is 0.786. The van der Waals surface area contributed by atoms with E-state index in [-0.39, 0.29) is 5.91 Å². The molecular weight excluding hydrogens is 417 g/mol. The molecule has 0 unspecified atom stereocenters. The molecule has 0 aliphatic rings. The number of para-hydroxylation sites is 1. The first kappa shape index (κ1) is 16.6. The van der Waals surface area contributed by atoms with Crippen LogP contribution in [0.2, 0.25) is 0 Å². The van der Waals surface area contributed by atoms with Crippen LogP contribution in [-0.2, 0) is 13.2 Å². The van der Waals surface area contributed by atoms with Crippen LogP contribution in [0.4, 0.5) is 0 Å². The average molecular weight is 433 g/mol. The molecule has 3 aromatic rings. The van der Waals surface area contributed by atoms with Gasteiger partial charge in [-0.3, -0.25) is 4.79 Å². The Morgan fingerprint density at radius 2 is 1.96 bits per heavy atom. The molecule has 0 atom stereocenters. The van der Waals surface area contributed by atoms with Crippen LogP contribution in [0.25, 0.3) is 0 Å². The molecule has 5 heteroatoms. The van der Waals surface area contributed by atoms with Gasteiger partial charge in [0.2, 0.25) is 0 Å². The predicted molar refractivity (Wildman–Crippen MR) is 99.8 cm³/mol. The van der Waals surface area contributed by atoms with Crippen LogP contribution < -0.4 is 10.1 Å². The highest BCUT2D eigenvalue weighted by Gasteiger charge is 2.08. The molecule has 0 bridgehead atoms. The summed E-state index contributed by atoms with van der Waals surface area (Å²) in [5.41, 5.74) is 1.55. The summed E-state index contributed by atoms with van der Waals surface area (Å²) in [5.74, 6) is 1.43. The molecule has 2 aromatic carbocycles. The summed E-state index contributed by atoms with van der Waals surface area (Å²) in [7, 11) is 0. The monoisotopic (exact) mass is 433 g/mol. The Bertz CT molecular complexity index is 815. The first-order valence-corrected chi connectivity index (χ1v) is 8.57. The molecule has 1 heterocycles. The number of hydrogen-bond donors (Lipinski definition) is 1. The van der Waals surface area contributed by atoms with Crippen LogP contribution in [0.1, 0.15) is 21.7 Å². The standard InChI is InChI=1S/C19H16INO3/c20-17-8-1-2-9-18(17)24-13-14-5-3-6-15(11-14)19(22)21-12-16-7-4-10-23-16/h1-11H,12-13H2,(H,21,22). The molecule has 0 radical (unpaired) electrons. The molecule has 24 heavy (non-hydrogen) atoms. The van der Waals surface area contributed by atoms with Gasteiger partial charge in [0, 0.05) is 5.56 Å². The topological polar surface area (TPSA) is 51.5 Å². The Hall–Kier alpha value is -2.28. The zero-order valence-corrected chi connectivity index (χ0v) is 15.0. The third-order valence-corrected chi connectivity index (χ3v) is 4.31. The van der Waals surface area contributed by atoms with Gasteiger partial charge in [0.15, 0.2) is 0 Å². The van der Waals surface area contributed by atoms with Crippen LogP contribution in [0, 0.1) is 3.57 Å². The summed E-state index contributed by atoms with van der Waals surface area (Å²) >= 11 is 2.24. The Morgan fingerprint density at radius 1 is 1.08 bits per heavy atom. The number of carbonyl (C=O) groups is 1. The summed E-state index contributed by atoms with van der Waals surface area (Å²) in [6, 6.07) is 18.9. The minimum absolute atomic E-state index is 0.137. The lowest BCUT2D eigenvalue weighted by Gasteiger charge is -2.09. The number of nitrogens with one attached hydrogen (secondary N) is 1. The van der Waals surface area contributed by atoms with Crippen molar-refractivity contribution in [3.05, 3.63) is 87.4 Å². The fourth-order valence-corrected chi connectivity index (χ4v) is 2.75. The van der Waals surface area contributed by atoms with E-state index < -0.39 is 0 Å². The third kappa shape index (κ3) is 4.38. The van der Waals surface area contributed by atoms with E-state index in [4.69, 9.17) is 9.15 Å². The zero-order valence-electron chi connectivity index (χ0n) is 12.9. The van der Waals surface area contributed by atoms with Gasteiger partial charge in [-0.25, -0.2) is 0 Å². The fourth-order valence-electron chi connectivity index (χ4n) is 2.21. The van der Waals surface area contributed by atoms with Gasteiger partial charge in [-0.2, -0.15) is 0 Å². The second-order valence-electron chi connectivity index (χ2n) is 5.18. The molecule has 1 N–H and O–H groups in total. The first-order chi connectivity index (χ1) is 11.7. The SMILES string of the molecule is O=C(NCc1ccco1)c1cccc(COc2ccccc2I)c1. The smallest absolute Gasteiger partial charge is 0.251 e. The van der Waals surface area contributed by atoms with Crippen LogP contribution in [0.5, 0.6) is 5.75 Å². The van der Waals surface area contributed by atoms with Crippen molar-refractivity contribution in [1.82, 2.24) is 5.32 Å². The second-order valence-corrected chi connectivity index (χ2v) is 6.34. The molecule has 0 aliphatic heterocycles. The highest BCUT2D eigenvalue weighted by atomic mass is 127. The van der Waals surface area contributed by atoms with Crippen LogP contribution >= 0.6 is 22.6 Å². The van der Waals surface area contributed by atoms with Gasteiger partial charge in [-0.1, -0.05) is 24.3 Å². The van der Waals surface area contributed by atoms with Gasteiger partial charge in [-0.15, -0.1) is 0 Å². The molecule has 4 nitrogen and oxygen atoms in total. The van der Waals surface area contributed by atoms with Crippen molar-refractivity contribution in [2.45, 2.75) is 13.2 Å². The van der Waals surface area contributed by atoms with Gasteiger partial charge in [0.1, 0.15) is 18.1 Å². The van der Waals surface area contributed by atoms with Crippen molar-refractivity contribution in [2.24, 2.45) is 0 Å². The number of hydrogen-bond acceptors (Lipinski definition) is 3. The number of furan rings is 1. The summed E-state index contributed by atoms with van der Waals surface area (Å²) in [6.07, 6.45) is 1.59. The number of ether oxygens (including phenoxy) is 1. The van der Waals surface area contributed by atoms with Crippen LogP contribution in [0.15, 0.2) is 71.3 Å². The first-order valence-electron chi connectivity index (χ1n) is 7.49. The van der Waals surface area contributed by atoms with Crippen molar-refractivity contribution >= 4 is 28.5 Å². The largest absolute Gasteiger partial charge is 0.488 e. The van der Waals surface area contributed by atoms with E-state index in [1.165, 1.54) is 0 Å². The van der Waals surface area contributed by atoms with E-state index >= 15 is 0 Å². The fraction of sp³-hybridized carbons (Fsp3) is 0.105. The third-order valence-electron chi connectivity index (χ3n) is 3.42. The van der Waals surface area contributed by atoms with Crippen molar-refractivity contribution in [2.75, 3.05) is 0 Å². The Labute approximate surface area is 154 Å². The van der Waals surface area contributed by atoms with Crippen LogP contribution in [0.3, 0.4) is 0 Å². The van der Waals surface area contributed by atoms with Gasteiger partial charge in [-0.05, 0) is 64.6 Å². The van der Waals surface area contributed by atoms with E-state index in [0.717, 1.165) is 20.6 Å². The number of amides is 1. The lowest BCUT2D eigenvalue weighted by molar-refractivity contribution is 0.0948. The van der Waals surface area contributed by atoms with E-state index in [1.807, 2.05) is 48.5 Å². The van der Waals surface area contributed by atoms with Gasteiger partial charge in [0.25, 0.3) is 5.91 Å². The quantitative estimate of drug-likeness (QED) is 0.587. The van der Waals surface area contributed by atoms with Crippen molar-refractivity contribution < 1.29 is 13.9 Å². The summed E-state index contributed by atoms with van der Waals surface area (Å²) < 4.78 is 12.1. The Balaban J connectivity index is 1.61. The van der Waals surface area contributed by atoms with Crippen molar-refractivity contribution in [1.29, 1.82) is 0 Å². The van der Waals surface area contributed by atoms with Gasteiger partial charge >= 0.3 is 0 Å². The van der Waals surface area contributed by atoms with Crippen LogP contribution in [-0.4, -0.2) is 5.91 Å².